The first kappa shape index (κ1) is 14.9. The van der Waals surface area contributed by atoms with Gasteiger partial charge in [0.05, 0.1) is 11.5 Å². The summed E-state index contributed by atoms with van der Waals surface area (Å²) in [6, 6.07) is 12.3. The molecule has 0 heterocycles. The van der Waals surface area contributed by atoms with Crippen molar-refractivity contribution in [1.82, 2.24) is 0 Å². The zero-order valence-corrected chi connectivity index (χ0v) is 12.7. The van der Waals surface area contributed by atoms with E-state index < -0.39 is 9.84 Å². The third-order valence-corrected chi connectivity index (χ3v) is 4.86. The molecule has 0 fully saturated rings. The van der Waals surface area contributed by atoms with Crippen molar-refractivity contribution in [3.63, 3.8) is 0 Å². The van der Waals surface area contributed by atoms with E-state index >= 15 is 0 Å². The number of aryl methyl sites for hydroxylation is 1. The lowest BCUT2D eigenvalue weighted by Gasteiger charge is -2.09. The monoisotopic (exact) mass is 309 g/mol. The Bertz CT molecular complexity index is 726. The van der Waals surface area contributed by atoms with E-state index in [2.05, 4.69) is 0 Å². The van der Waals surface area contributed by atoms with Gasteiger partial charge in [-0.05, 0) is 35.7 Å². The minimum Gasteiger partial charge on any atom is -0.398 e. The molecular weight excluding hydrogens is 294 g/mol. The maximum absolute atomic E-state index is 12.3. The van der Waals surface area contributed by atoms with Crippen LogP contribution < -0.4 is 5.73 Å². The highest BCUT2D eigenvalue weighted by Gasteiger charge is 2.16. The van der Waals surface area contributed by atoms with Crippen molar-refractivity contribution in [3.05, 3.63) is 64.2 Å². The lowest BCUT2D eigenvalue weighted by molar-refractivity contribution is 0.594. The van der Waals surface area contributed by atoms with Crippen LogP contribution in [0.15, 0.2) is 42.5 Å². The molecule has 0 radical (unpaired) electrons. The van der Waals surface area contributed by atoms with Gasteiger partial charge < -0.3 is 5.73 Å². The Morgan fingerprint density at radius 1 is 1.05 bits per heavy atom. The molecule has 0 spiro atoms. The number of anilines is 1. The number of benzene rings is 2. The van der Waals surface area contributed by atoms with Crippen molar-refractivity contribution in [2.45, 2.75) is 18.4 Å². The number of hydrogen-bond acceptors (Lipinski definition) is 3. The van der Waals surface area contributed by atoms with Crippen LogP contribution in [0, 0.1) is 6.92 Å². The minimum absolute atomic E-state index is 0.0156. The molecule has 0 unspecified atom stereocenters. The van der Waals surface area contributed by atoms with Crippen LogP contribution in [0.3, 0.4) is 0 Å². The Morgan fingerprint density at radius 3 is 2.35 bits per heavy atom. The van der Waals surface area contributed by atoms with Gasteiger partial charge in [0.25, 0.3) is 0 Å². The van der Waals surface area contributed by atoms with Crippen molar-refractivity contribution >= 4 is 27.1 Å². The molecule has 2 rings (SSSR count). The van der Waals surface area contributed by atoms with E-state index in [9.17, 15) is 8.42 Å². The van der Waals surface area contributed by atoms with Crippen molar-refractivity contribution in [2.75, 3.05) is 5.73 Å². The lowest BCUT2D eigenvalue weighted by atomic mass is 10.1. The number of nitrogens with two attached hydrogens (primary N) is 1. The summed E-state index contributed by atoms with van der Waals surface area (Å²) in [5.41, 5.74) is 8.59. The third-order valence-electron chi connectivity index (χ3n) is 3.12. The Kier molecular flexibility index (Phi) is 4.35. The molecule has 3 nitrogen and oxygen atoms in total. The fraction of sp³-hybridized carbons (Fsp3) is 0.200. The number of rotatable bonds is 4. The Hall–Kier alpha value is -1.52. The van der Waals surface area contributed by atoms with Gasteiger partial charge in [0, 0.05) is 10.7 Å². The first-order valence-electron chi connectivity index (χ1n) is 6.16. The maximum atomic E-state index is 12.3. The van der Waals surface area contributed by atoms with E-state index in [1.54, 1.807) is 18.2 Å². The summed E-state index contributed by atoms with van der Waals surface area (Å²) >= 11 is 5.81. The second kappa shape index (κ2) is 5.85. The van der Waals surface area contributed by atoms with Crippen LogP contribution in [-0.2, 0) is 21.3 Å². The fourth-order valence-electron chi connectivity index (χ4n) is 1.99. The summed E-state index contributed by atoms with van der Waals surface area (Å²) in [6.07, 6.45) is 0. The highest BCUT2D eigenvalue weighted by molar-refractivity contribution is 7.89. The molecule has 2 N–H and O–H groups in total. The second-order valence-corrected chi connectivity index (χ2v) is 7.30. The Labute approximate surface area is 124 Å². The van der Waals surface area contributed by atoms with Crippen molar-refractivity contribution in [2.24, 2.45) is 0 Å². The molecule has 0 aliphatic rings. The summed E-state index contributed by atoms with van der Waals surface area (Å²) in [4.78, 5) is 0. The second-order valence-electron chi connectivity index (χ2n) is 4.80. The Morgan fingerprint density at radius 2 is 1.70 bits per heavy atom. The molecule has 20 heavy (non-hydrogen) atoms. The summed E-state index contributed by atoms with van der Waals surface area (Å²) in [5, 5.41) is 0.502. The van der Waals surface area contributed by atoms with Crippen molar-refractivity contribution in [1.29, 1.82) is 0 Å². The predicted molar refractivity (Wildman–Crippen MR) is 83.4 cm³/mol. The zero-order valence-electron chi connectivity index (χ0n) is 11.1. The average Bonchev–Trinajstić information content (AvgIpc) is 2.35. The highest BCUT2D eigenvalue weighted by atomic mass is 35.5. The van der Waals surface area contributed by atoms with Gasteiger partial charge in [-0.25, -0.2) is 8.42 Å². The average molecular weight is 310 g/mol. The minimum atomic E-state index is -3.27. The standard InChI is InChI=1S/C15H16ClNO2S/c1-11-4-2-3-5-12(11)9-20(18,19)10-13-6-7-14(16)8-15(13)17/h2-8H,9-10,17H2,1H3. The molecular formula is C15H16ClNO2S. The number of hydrogen-bond donors (Lipinski definition) is 1. The van der Waals surface area contributed by atoms with E-state index in [0.29, 0.717) is 16.3 Å². The van der Waals surface area contributed by atoms with Gasteiger partial charge in [0.15, 0.2) is 9.84 Å². The normalized spacial score (nSPS) is 11.5. The lowest BCUT2D eigenvalue weighted by Crippen LogP contribution is -2.10. The molecule has 0 amide bonds. The highest BCUT2D eigenvalue weighted by Crippen LogP contribution is 2.22. The van der Waals surface area contributed by atoms with E-state index in [-0.39, 0.29) is 11.5 Å². The van der Waals surface area contributed by atoms with Gasteiger partial charge in [-0.3, -0.25) is 0 Å². The summed E-state index contributed by atoms with van der Waals surface area (Å²) < 4.78 is 24.5. The van der Waals surface area contributed by atoms with Gasteiger partial charge in [-0.1, -0.05) is 41.9 Å². The van der Waals surface area contributed by atoms with E-state index in [0.717, 1.165) is 11.1 Å². The largest absolute Gasteiger partial charge is 0.398 e. The SMILES string of the molecule is Cc1ccccc1CS(=O)(=O)Cc1ccc(Cl)cc1N. The molecule has 2 aromatic carbocycles. The van der Waals surface area contributed by atoms with Gasteiger partial charge >= 0.3 is 0 Å². The van der Waals surface area contributed by atoms with E-state index in [1.165, 1.54) is 0 Å². The predicted octanol–water partition coefficient (Wildman–Crippen LogP) is 3.35. The summed E-state index contributed by atoms with van der Waals surface area (Å²) in [5.74, 6) is -0.0634. The first-order valence-corrected chi connectivity index (χ1v) is 8.36. The maximum Gasteiger partial charge on any atom is 0.158 e. The van der Waals surface area contributed by atoms with Crippen LogP contribution in [0.25, 0.3) is 0 Å². The Balaban J connectivity index is 2.22. The number of nitrogen functional groups attached to an aromatic ring is 1. The fourth-order valence-corrected chi connectivity index (χ4v) is 3.81. The molecule has 0 bridgehead atoms. The van der Waals surface area contributed by atoms with E-state index in [1.807, 2.05) is 31.2 Å². The molecule has 0 aliphatic carbocycles. The van der Waals surface area contributed by atoms with Crippen LogP contribution in [0.4, 0.5) is 5.69 Å². The molecule has 0 aliphatic heterocycles. The van der Waals surface area contributed by atoms with E-state index in [4.69, 9.17) is 17.3 Å². The van der Waals surface area contributed by atoms with Crippen LogP contribution in [0.5, 0.6) is 0 Å². The van der Waals surface area contributed by atoms with Crippen molar-refractivity contribution < 1.29 is 8.42 Å². The summed E-state index contributed by atoms with van der Waals surface area (Å²) in [6.45, 7) is 1.90. The van der Waals surface area contributed by atoms with Crippen LogP contribution >= 0.6 is 11.6 Å². The molecule has 0 saturated heterocycles. The zero-order chi connectivity index (χ0) is 14.8. The van der Waals surface area contributed by atoms with Crippen LogP contribution in [0.2, 0.25) is 5.02 Å². The molecule has 0 aromatic heterocycles. The molecule has 0 atom stereocenters. The van der Waals surface area contributed by atoms with Gasteiger partial charge in [-0.15, -0.1) is 0 Å². The smallest absolute Gasteiger partial charge is 0.158 e. The van der Waals surface area contributed by atoms with Gasteiger partial charge in [-0.2, -0.15) is 0 Å². The van der Waals surface area contributed by atoms with Crippen LogP contribution in [0.1, 0.15) is 16.7 Å². The number of sulfone groups is 1. The van der Waals surface area contributed by atoms with Gasteiger partial charge in [0.1, 0.15) is 0 Å². The molecule has 0 saturated carbocycles. The molecule has 106 valence electrons. The van der Waals surface area contributed by atoms with Crippen LogP contribution in [-0.4, -0.2) is 8.42 Å². The topological polar surface area (TPSA) is 60.2 Å². The summed E-state index contributed by atoms with van der Waals surface area (Å²) in [7, 11) is -3.27. The molecule has 2 aromatic rings. The quantitative estimate of drug-likeness (QED) is 0.881. The third kappa shape index (κ3) is 3.74. The molecule has 5 heteroatoms. The van der Waals surface area contributed by atoms with Crippen molar-refractivity contribution in [3.8, 4) is 0 Å². The van der Waals surface area contributed by atoms with Gasteiger partial charge in [0.2, 0.25) is 0 Å². The first-order chi connectivity index (χ1) is 9.37. The number of halogens is 1.